The van der Waals surface area contributed by atoms with Crippen LogP contribution in [0.1, 0.15) is 39.1 Å². The maximum atomic E-state index is 12.8. The van der Waals surface area contributed by atoms with Crippen molar-refractivity contribution in [2.45, 2.75) is 33.5 Å². The van der Waals surface area contributed by atoms with E-state index in [4.69, 9.17) is 9.05 Å². The lowest BCUT2D eigenvalue weighted by Gasteiger charge is -2.25. The summed E-state index contributed by atoms with van der Waals surface area (Å²) in [4.78, 5) is 0. The monoisotopic (exact) mass is 300 g/mol. The topological polar surface area (TPSA) is 55.8 Å². The van der Waals surface area contributed by atoms with E-state index in [0.29, 0.717) is 18.8 Å². The summed E-state index contributed by atoms with van der Waals surface area (Å²) in [6.45, 7) is 8.42. The molecule has 1 aromatic rings. The molecule has 0 unspecified atom stereocenters. The lowest BCUT2D eigenvalue weighted by molar-refractivity contribution is 0.124. The zero-order chi connectivity index (χ0) is 15.2. The Morgan fingerprint density at radius 2 is 1.45 bits per heavy atom. The van der Waals surface area contributed by atoms with Crippen molar-refractivity contribution in [3.63, 3.8) is 0 Å². The molecule has 1 atom stereocenters. The summed E-state index contributed by atoms with van der Waals surface area (Å²) >= 11 is 0. The minimum Gasteiger partial charge on any atom is -0.376 e. The van der Waals surface area contributed by atoms with Crippen LogP contribution < -0.4 is 0 Å². The number of hydrogen-bond donors (Lipinski definition) is 1. The molecule has 0 aromatic heterocycles. The summed E-state index contributed by atoms with van der Waals surface area (Å²) in [6.07, 6.45) is 0. The normalized spacial score (nSPS) is 13.9. The molecule has 0 spiro atoms. The van der Waals surface area contributed by atoms with Crippen molar-refractivity contribution in [2.75, 3.05) is 13.2 Å². The first kappa shape index (κ1) is 17.4. The van der Waals surface area contributed by atoms with Crippen molar-refractivity contribution in [2.24, 2.45) is 11.8 Å². The van der Waals surface area contributed by atoms with E-state index in [2.05, 4.69) is 0 Å². The molecule has 0 bridgehead atoms. The molecule has 5 heteroatoms. The van der Waals surface area contributed by atoms with Gasteiger partial charge in [0, 0.05) is 0 Å². The molecule has 0 radical (unpaired) electrons. The number of benzene rings is 1. The van der Waals surface area contributed by atoms with Gasteiger partial charge in [0.05, 0.1) is 13.2 Å². The second kappa shape index (κ2) is 7.94. The highest BCUT2D eigenvalue weighted by molar-refractivity contribution is 7.54. The lowest BCUT2D eigenvalue weighted by Crippen LogP contribution is -2.11. The SMILES string of the molecule is CC(C)COP(=O)(OCC(C)C)[C@H](O)c1ccccc1. The first-order valence-corrected chi connectivity index (χ1v) is 8.58. The van der Waals surface area contributed by atoms with Gasteiger partial charge >= 0.3 is 7.60 Å². The highest BCUT2D eigenvalue weighted by Gasteiger charge is 2.36. The van der Waals surface area contributed by atoms with Crippen LogP contribution in [-0.2, 0) is 13.6 Å². The van der Waals surface area contributed by atoms with E-state index in [1.165, 1.54) is 0 Å². The third-order valence-corrected chi connectivity index (χ3v) is 4.49. The van der Waals surface area contributed by atoms with Crippen molar-refractivity contribution in [1.29, 1.82) is 0 Å². The van der Waals surface area contributed by atoms with Gasteiger partial charge in [-0.05, 0) is 17.4 Å². The molecule has 20 heavy (non-hydrogen) atoms. The molecular formula is C15H25O4P. The van der Waals surface area contributed by atoms with Gasteiger partial charge in [0.25, 0.3) is 0 Å². The molecule has 1 N–H and O–H groups in total. The van der Waals surface area contributed by atoms with Gasteiger partial charge in [-0.2, -0.15) is 0 Å². The molecule has 0 amide bonds. The first-order chi connectivity index (χ1) is 9.35. The van der Waals surface area contributed by atoms with Crippen molar-refractivity contribution in [3.8, 4) is 0 Å². The minimum atomic E-state index is -3.58. The molecule has 0 aliphatic heterocycles. The Hall–Kier alpha value is -0.670. The molecule has 0 fully saturated rings. The van der Waals surface area contributed by atoms with Crippen LogP contribution in [0.25, 0.3) is 0 Å². The Labute approximate surface area is 121 Å². The maximum absolute atomic E-state index is 12.8. The average molecular weight is 300 g/mol. The molecule has 0 aliphatic carbocycles. The van der Waals surface area contributed by atoms with Gasteiger partial charge < -0.3 is 14.2 Å². The van der Waals surface area contributed by atoms with Crippen molar-refractivity contribution < 1.29 is 18.7 Å². The fourth-order valence-electron chi connectivity index (χ4n) is 1.49. The van der Waals surface area contributed by atoms with Gasteiger partial charge in [-0.1, -0.05) is 58.0 Å². The van der Waals surface area contributed by atoms with Crippen LogP contribution in [0.15, 0.2) is 30.3 Å². The molecule has 0 saturated heterocycles. The van der Waals surface area contributed by atoms with E-state index in [1.807, 2.05) is 33.8 Å². The van der Waals surface area contributed by atoms with Gasteiger partial charge in [-0.3, -0.25) is 4.57 Å². The Kier molecular flexibility index (Phi) is 6.90. The predicted molar refractivity (Wildman–Crippen MR) is 80.6 cm³/mol. The number of rotatable bonds is 8. The first-order valence-electron chi connectivity index (χ1n) is 6.97. The van der Waals surface area contributed by atoms with Gasteiger partial charge in [-0.25, -0.2) is 0 Å². The van der Waals surface area contributed by atoms with Crippen LogP contribution in [-0.4, -0.2) is 18.3 Å². The van der Waals surface area contributed by atoms with E-state index in [1.54, 1.807) is 24.3 Å². The van der Waals surface area contributed by atoms with Crippen LogP contribution in [0.3, 0.4) is 0 Å². The highest BCUT2D eigenvalue weighted by Crippen LogP contribution is 2.60. The van der Waals surface area contributed by atoms with Crippen LogP contribution in [0, 0.1) is 11.8 Å². The van der Waals surface area contributed by atoms with Crippen LogP contribution in [0.4, 0.5) is 0 Å². The van der Waals surface area contributed by atoms with Crippen LogP contribution in [0.5, 0.6) is 0 Å². The highest BCUT2D eigenvalue weighted by atomic mass is 31.2. The fraction of sp³-hybridized carbons (Fsp3) is 0.600. The van der Waals surface area contributed by atoms with Gasteiger partial charge in [0.15, 0.2) is 5.85 Å². The van der Waals surface area contributed by atoms with Crippen molar-refractivity contribution in [3.05, 3.63) is 35.9 Å². The summed E-state index contributed by atoms with van der Waals surface area (Å²) < 4.78 is 23.7. The quantitative estimate of drug-likeness (QED) is 0.730. The van der Waals surface area contributed by atoms with E-state index in [0.717, 1.165) is 0 Å². The van der Waals surface area contributed by atoms with Crippen LogP contribution >= 0.6 is 7.60 Å². The fourth-order valence-corrected chi connectivity index (χ4v) is 3.40. The zero-order valence-electron chi connectivity index (χ0n) is 12.7. The Bertz CT molecular complexity index is 415. The second-order valence-corrected chi connectivity index (χ2v) is 7.79. The second-order valence-electron chi connectivity index (χ2n) is 5.70. The molecule has 1 aromatic carbocycles. The van der Waals surface area contributed by atoms with E-state index in [9.17, 15) is 9.67 Å². The van der Waals surface area contributed by atoms with Crippen molar-refractivity contribution >= 4 is 7.60 Å². The summed E-state index contributed by atoms with van der Waals surface area (Å²) in [6, 6.07) is 8.84. The standard InChI is InChI=1S/C15H25O4P/c1-12(2)10-18-20(17,19-11-13(3)4)15(16)14-8-6-5-7-9-14/h5-9,12-13,15-16H,10-11H2,1-4H3/t15-/m0/s1. The Balaban J connectivity index is 2.88. The molecule has 0 saturated carbocycles. The molecule has 1 rings (SSSR count). The van der Waals surface area contributed by atoms with E-state index < -0.39 is 13.4 Å². The summed E-state index contributed by atoms with van der Waals surface area (Å²) in [5.41, 5.74) is 0.545. The van der Waals surface area contributed by atoms with Gasteiger partial charge in [-0.15, -0.1) is 0 Å². The number of hydrogen-bond acceptors (Lipinski definition) is 4. The average Bonchev–Trinajstić information content (AvgIpc) is 2.43. The molecular weight excluding hydrogens is 275 g/mol. The summed E-state index contributed by atoms with van der Waals surface area (Å²) in [5, 5.41) is 10.4. The molecule has 0 aliphatic rings. The number of aliphatic hydroxyl groups is 1. The Morgan fingerprint density at radius 1 is 1.00 bits per heavy atom. The third-order valence-electron chi connectivity index (χ3n) is 2.57. The maximum Gasteiger partial charge on any atom is 0.363 e. The summed E-state index contributed by atoms with van der Waals surface area (Å²) in [5.74, 6) is -0.816. The zero-order valence-corrected chi connectivity index (χ0v) is 13.5. The van der Waals surface area contributed by atoms with Crippen LogP contribution in [0.2, 0.25) is 0 Å². The molecule has 114 valence electrons. The third kappa shape index (κ3) is 5.37. The smallest absolute Gasteiger partial charge is 0.363 e. The van der Waals surface area contributed by atoms with E-state index in [-0.39, 0.29) is 11.8 Å². The molecule has 4 nitrogen and oxygen atoms in total. The molecule has 0 heterocycles. The van der Waals surface area contributed by atoms with Gasteiger partial charge in [0.1, 0.15) is 0 Å². The van der Waals surface area contributed by atoms with Gasteiger partial charge in [0.2, 0.25) is 0 Å². The predicted octanol–water partition coefficient (Wildman–Crippen LogP) is 4.22. The summed E-state index contributed by atoms with van der Waals surface area (Å²) in [7, 11) is -3.58. The largest absolute Gasteiger partial charge is 0.376 e. The Morgan fingerprint density at radius 3 is 1.85 bits per heavy atom. The minimum absolute atomic E-state index is 0.217. The van der Waals surface area contributed by atoms with E-state index >= 15 is 0 Å². The number of aliphatic hydroxyl groups excluding tert-OH is 1. The van der Waals surface area contributed by atoms with Crippen molar-refractivity contribution in [1.82, 2.24) is 0 Å². The lowest BCUT2D eigenvalue weighted by atomic mass is 10.2.